The predicted octanol–water partition coefficient (Wildman–Crippen LogP) is -0.419. The molecule has 1 fully saturated rings. The smallest absolute Gasteiger partial charge is 0.226 e. The molecule has 0 aromatic rings. The molecule has 2 amide bonds. The van der Waals surface area contributed by atoms with Crippen LogP contribution in [-0.2, 0) is 9.59 Å². The zero-order chi connectivity index (χ0) is 12.0. The van der Waals surface area contributed by atoms with E-state index in [4.69, 9.17) is 0 Å². The minimum absolute atomic E-state index is 0.0265. The summed E-state index contributed by atoms with van der Waals surface area (Å²) in [6, 6.07) is 0. The van der Waals surface area contributed by atoms with Crippen LogP contribution in [0.15, 0.2) is 0 Å². The first kappa shape index (κ1) is 13.0. The summed E-state index contributed by atoms with van der Waals surface area (Å²) in [6.07, 6.45) is 2.38. The number of hydrogen-bond acceptors (Lipinski definition) is 3. The highest BCUT2D eigenvalue weighted by Crippen LogP contribution is 2.12. The zero-order valence-corrected chi connectivity index (χ0v) is 10.1. The van der Waals surface area contributed by atoms with Crippen molar-refractivity contribution in [2.45, 2.75) is 19.3 Å². The highest BCUT2D eigenvalue weighted by atomic mass is 16.2. The monoisotopic (exact) mass is 227 g/mol. The third-order valence-corrected chi connectivity index (χ3v) is 2.98. The van der Waals surface area contributed by atoms with Gasteiger partial charge in [0.15, 0.2) is 0 Å². The maximum Gasteiger partial charge on any atom is 0.226 e. The Bertz CT molecular complexity index is 250. The number of carbonyl (C=O) groups excluding carboxylic acids is 2. The Morgan fingerprint density at radius 1 is 1.50 bits per heavy atom. The molecule has 0 spiro atoms. The van der Waals surface area contributed by atoms with Gasteiger partial charge in [0.05, 0.1) is 5.92 Å². The molecular formula is C11H21N3O2. The Hall–Kier alpha value is -1.10. The third-order valence-electron chi connectivity index (χ3n) is 2.98. The van der Waals surface area contributed by atoms with E-state index in [0.29, 0.717) is 13.0 Å². The van der Waals surface area contributed by atoms with Crippen molar-refractivity contribution >= 4 is 11.8 Å². The van der Waals surface area contributed by atoms with Crippen LogP contribution in [0, 0.1) is 5.92 Å². The van der Waals surface area contributed by atoms with Gasteiger partial charge in [-0.2, -0.15) is 0 Å². The third kappa shape index (κ3) is 3.81. The van der Waals surface area contributed by atoms with Gasteiger partial charge in [0.1, 0.15) is 0 Å². The number of piperidine rings is 1. The average Bonchev–Trinajstić information content (AvgIpc) is 2.35. The first-order valence-electron chi connectivity index (χ1n) is 5.81. The molecule has 0 saturated carbocycles. The van der Waals surface area contributed by atoms with E-state index in [0.717, 1.165) is 25.9 Å². The van der Waals surface area contributed by atoms with Crippen molar-refractivity contribution in [2.75, 3.05) is 33.7 Å². The van der Waals surface area contributed by atoms with Crippen molar-refractivity contribution in [1.82, 2.24) is 15.5 Å². The van der Waals surface area contributed by atoms with Gasteiger partial charge in [0, 0.05) is 33.6 Å². The number of carbonyl (C=O) groups is 2. The molecule has 0 bridgehead atoms. The summed E-state index contributed by atoms with van der Waals surface area (Å²) in [4.78, 5) is 24.7. The van der Waals surface area contributed by atoms with Gasteiger partial charge < -0.3 is 15.5 Å². The maximum absolute atomic E-state index is 12.0. The second-order valence-electron chi connectivity index (χ2n) is 4.23. The Labute approximate surface area is 96.6 Å². The molecular weight excluding hydrogens is 206 g/mol. The van der Waals surface area contributed by atoms with E-state index in [2.05, 4.69) is 10.6 Å². The quantitative estimate of drug-likeness (QED) is 0.686. The molecule has 1 atom stereocenters. The summed E-state index contributed by atoms with van der Waals surface area (Å²) >= 11 is 0. The van der Waals surface area contributed by atoms with Crippen LogP contribution < -0.4 is 10.6 Å². The van der Waals surface area contributed by atoms with Gasteiger partial charge in [-0.05, 0) is 19.4 Å². The summed E-state index contributed by atoms with van der Waals surface area (Å²) in [5.74, 6) is 0.209. The first-order valence-corrected chi connectivity index (χ1v) is 5.81. The fourth-order valence-corrected chi connectivity index (χ4v) is 1.88. The molecule has 1 heterocycles. The van der Waals surface area contributed by atoms with Gasteiger partial charge in [0.2, 0.25) is 11.8 Å². The zero-order valence-electron chi connectivity index (χ0n) is 10.1. The van der Waals surface area contributed by atoms with Crippen LogP contribution in [0.25, 0.3) is 0 Å². The van der Waals surface area contributed by atoms with E-state index < -0.39 is 0 Å². The molecule has 1 aliphatic rings. The number of hydrogen-bond donors (Lipinski definition) is 2. The van der Waals surface area contributed by atoms with Gasteiger partial charge >= 0.3 is 0 Å². The highest BCUT2D eigenvalue weighted by molar-refractivity contribution is 5.80. The summed E-state index contributed by atoms with van der Waals surface area (Å²) in [5.41, 5.74) is 0. The Balaban J connectivity index is 2.31. The summed E-state index contributed by atoms with van der Waals surface area (Å²) in [5, 5.41) is 5.77. The molecule has 0 aromatic heterocycles. The fourth-order valence-electron chi connectivity index (χ4n) is 1.88. The lowest BCUT2D eigenvalue weighted by atomic mass is 9.98. The largest absolute Gasteiger partial charge is 0.359 e. The average molecular weight is 227 g/mol. The number of nitrogens with one attached hydrogen (secondary N) is 2. The van der Waals surface area contributed by atoms with E-state index in [-0.39, 0.29) is 17.7 Å². The van der Waals surface area contributed by atoms with Crippen molar-refractivity contribution in [1.29, 1.82) is 0 Å². The molecule has 0 radical (unpaired) electrons. The van der Waals surface area contributed by atoms with Gasteiger partial charge in [0.25, 0.3) is 0 Å². The minimum atomic E-state index is -0.0265. The standard InChI is InChI=1S/C11H21N3O2/c1-12-10(15)5-7-14(2)11(16)9-4-3-6-13-8-9/h9,13H,3-8H2,1-2H3,(H,12,15)/t9-/m0/s1. The van der Waals surface area contributed by atoms with Crippen LogP contribution in [0.3, 0.4) is 0 Å². The van der Waals surface area contributed by atoms with E-state index in [1.807, 2.05) is 0 Å². The Morgan fingerprint density at radius 2 is 2.25 bits per heavy atom. The van der Waals surface area contributed by atoms with Crippen LogP contribution in [0.4, 0.5) is 0 Å². The molecule has 1 rings (SSSR count). The van der Waals surface area contributed by atoms with E-state index in [1.54, 1.807) is 19.0 Å². The summed E-state index contributed by atoms with van der Waals surface area (Å²) in [6.45, 7) is 2.27. The van der Waals surface area contributed by atoms with Gasteiger partial charge in [-0.3, -0.25) is 9.59 Å². The second-order valence-corrected chi connectivity index (χ2v) is 4.23. The summed E-state index contributed by atoms with van der Waals surface area (Å²) in [7, 11) is 3.37. The minimum Gasteiger partial charge on any atom is -0.359 e. The lowest BCUT2D eigenvalue weighted by molar-refractivity contribution is -0.135. The normalized spacial score (nSPS) is 20.2. The van der Waals surface area contributed by atoms with Crippen molar-refractivity contribution in [3.8, 4) is 0 Å². The molecule has 1 aliphatic heterocycles. The summed E-state index contributed by atoms with van der Waals surface area (Å²) < 4.78 is 0. The topological polar surface area (TPSA) is 61.4 Å². The lowest BCUT2D eigenvalue weighted by Gasteiger charge is -2.26. The van der Waals surface area contributed by atoms with Gasteiger partial charge in [-0.25, -0.2) is 0 Å². The first-order chi connectivity index (χ1) is 7.65. The molecule has 1 saturated heterocycles. The number of nitrogens with zero attached hydrogens (tertiary/aromatic N) is 1. The molecule has 0 aliphatic carbocycles. The maximum atomic E-state index is 12.0. The van der Waals surface area contributed by atoms with Crippen LogP contribution in [0.1, 0.15) is 19.3 Å². The molecule has 2 N–H and O–H groups in total. The number of rotatable bonds is 4. The second kappa shape index (κ2) is 6.48. The van der Waals surface area contributed by atoms with Crippen molar-refractivity contribution in [3.63, 3.8) is 0 Å². The molecule has 0 unspecified atom stereocenters. The Kier molecular flexibility index (Phi) is 5.25. The Morgan fingerprint density at radius 3 is 2.81 bits per heavy atom. The fraction of sp³-hybridized carbons (Fsp3) is 0.818. The SMILES string of the molecule is CNC(=O)CCN(C)C(=O)[C@H]1CCCNC1. The van der Waals surface area contributed by atoms with Crippen LogP contribution in [0.5, 0.6) is 0 Å². The van der Waals surface area contributed by atoms with Crippen LogP contribution >= 0.6 is 0 Å². The lowest BCUT2D eigenvalue weighted by Crippen LogP contribution is -2.42. The van der Waals surface area contributed by atoms with Crippen molar-refractivity contribution in [2.24, 2.45) is 5.92 Å². The van der Waals surface area contributed by atoms with Crippen molar-refractivity contribution < 1.29 is 9.59 Å². The van der Waals surface area contributed by atoms with Crippen molar-refractivity contribution in [3.05, 3.63) is 0 Å². The molecule has 5 heteroatoms. The molecule has 16 heavy (non-hydrogen) atoms. The van der Waals surface area contributed by atoms with E-state index in [1.165, 1.54) is 0 Å². The highest BCUT2D eigenvalue weighted by Gasteiger charge is 2.23. The van der Waals surface area contributed by atoms with Crippen LogP contribution in [0.2, 0.25) is 0 Å². The van der Waals surface area contributed by atoms with E-state index in [9.17, 15) is 9.59 Å². The van der Waals surface area contributed by atoms with Gasteiger partial charge in [-0.1, -0.05) is 0 Å². The van der Waals surface area contributed by atoms with Crippen LogP contribution in [-0.4, -0.2) is 50.4 Å². The molecule has 92 valence electrons. The van der Waals surface area contributed by atoms with Gasteiger partial charge in [-0.15, -0.1) is 0 Å². The predicted molar refractivity (Wildman–Crippen MR) is 61.9 cm³/mol. The molecule has 0 aromatic carbocycles. The molecule has 5 nitrogen and oxygen atoms in total. The van der Waals surface area contributed by atoms with E-state index >= 15 is 0 Å². The number of amides is 2.